The number of rotatable bonds is 8. The first kappa shape index (κ1) is 23.1. The maximum atomic E-state index is 12.9. The van der Waals surface area contributed by atoms with Crippen LogP contribution in [-0.2, 0) is 10.0 Å². The number of nitrogens with zero attached hydrogens (tertiary/aromatic N) is 1. The second-order valence-electron chi connectivity index (χ2n) is 6.96. The molecule has 1 N–H and O–H groups in total. The van der Waals surface area contributed by atoms with Gasteiger partial charge in [-0.1, -0.05) is 49.9 Å². The van der Waals surface area contributed by atoms with Gasteiger partial charge in [0.15, 0.2) is 0 Å². The fourth-order valence-corrected chi connectivity index (χ4v) is 5.70. The van der Waals surface area contributed by atoms with Crippen molar-refractivity contribution >= 4 is 33.4 Å². The molecule has 0 bridgehead atoms. The van der Waals surface area contributed by atoms with E-state index in [9.17, 15) is 13.2 Å². The number of sulfonamides is 1. The van der Waals surface area contributed by atoms with Crippen molar-refractivity contribution in [1.82, 2.24) is 4.31 Å². The van der Waals surface area contributed by atoms with Crippen molar-refractivity contribution in [1.29, 1.82) is 0 Å². The van der Waals surface area contributed by atoms with Crippen LogP contribution < -0.4 is 5.32 Å². The second kappa shape index (κ2) is 10.1. The van der Waals surface area contributed by atoms with E-state index in [1.54, 1.807) is 44.7 Å². The number of amides is 1. The highest BCUT2D eigenvalue weighted by Gasteiger charge is 2.24. The van der Waals surface area contributed by atoms with Crippen molar-refractivity contribution in [3.05, 3.63) is 83.9 Å². The zero-order valence-electron chi connectivity index (χ0n) is 17.8. The number of hydrogen-bond donors (Lipinski definition) is 1. The van der Waals surface area contributed by atoms with Crippen LogP contribution in [0.4, 0.5) is 5.69 Å². The summed E-state index contributed by atoms with van der Waals surface area (Å²) in [5, 5.41) is 2.85. The molecule has 0 aliphatic rings. The number of benzene rings is 3. The molecule has 3 aromatic rings. The summed E-state index contributed by atoms with van der Waals surface area (Å²) in [6.45, 7) is 6.09. The summed E-state index contributed by atoms with van der Waals surface area (Å²) in [5.41, 5.74) is 1.57. The van der Waals surface area contributed by atoms with E-state index in [1.807, 2.05) is 54.6 Å². The Hall–Kier alpha value is -2.61. The molecular formula is C24H26N2O3S2. The zero-order chi connectivity index (χ0) is 22.4. The zero-order valence-corrected chi connectivity index (χ0v) is 19.5. The van der Waals surface area contributed by atoms with Gasteiger partial charge in [-0.25, -0.2) is 8.42 Å². The number of carbonyl (C=O) groups excluding carboxylic acids is 1. The summed E-state index contributed by atoms with van der Waals surface area (Å²) in [6.07, 6.45) is 0. The van der Waals surface area contributed by atoms with Crippen molar-refractivity contribution in [2.45, 2.75) is 35.5 Å². The van der Waals surface area contributed by atoms with E-state index in [0.29, 0.717) is 29.9 Å². The van der Waals surface area contributed by atoms with Gasteiger partial charge in [0.2, 0.25) is 10.0 Å². The van der Waals surface area contributed by atoms with Crippen LogP contribution in [0, 0.1) is 6.92 Å². The van der Waals surface area contributed by atoms with Crippen LogP contribution in [0.15, 0.2) is 87.5 Å². The number of aryl methyl sites for hydroxylation is 1. The van der Waals surface area contributed by atoms with Crippen LogP contribution in [-0.4, -0.2) is 31.7 Å². The molecule has 0 saturated carbocycles. The summed E-state index contributed by atoms with van der Waals surface area (Å²) in [4.78, 5) is 15.1. The molecule has 3 rings (SSSR count). The molecule has 3 aromatic carbocycles. The molecule has 0 atom stereocenters. The van der Waals surface area contributed by atoms with Crippen LogP contribution in [0.1, 0.15) is 29.8 Å². The third-order valence-electron chi connectivity index (χ3n) is 4.86. The van der Waals surface area contributed by atoms with E-state index >= 15 is 0 Å². The Morgan fingerprint density at radius 1 is 0.903 bits per heavy atom. The molecule has 31 heavy (non-hydrogen) atoms. The average Bonchev–Trinajstić information content (AvgIpc) is 2.76. The van der Waals surface area contributed by atoms with Crippen molar-refractivity contribution in [3.8, 4) is 0 Å². The Morgan fingerprint density at radius 3 is 2.13 bits per heavy atom. The van der Waals surface area contributed by atoms with Gasteiger partial charge in [0.05, 0.1) is 4.90 Å². The molecule has 162 valence electrons. The van der Waals surface area contributed by atoms with Gasteiger partial charge < -0.3 is 5.32 Å². The quantitative estimate of drug-likeness (QED) is 0.493. The smallest absolute Gasteiger partial charge is 0.255 e. The predicted octanol–water partition coefficient (Wildman–Crippen LogP) is 5.43. The topological polar surface area (TPSA) is 66.5 Å². The van der Waals surface area contributed by atoms with Gasteiger partial charge in [0.25, 0.3) is 5.91 Å². The first-order chi connectivity index (χ1) is 14.8. The highest BCUT2D eigenvalue weighted by atomic mass is 32.2. The number of anilines is 1. The van der Waals surface area contributed by atoms with Crippen molar-refractivity contribution < 1.29 is 13.2 Å². The van der Waals surface area contributed by atoms with Gasteiger partial charge in [0.1, 0.15) is 0 Å². The fraction of sp³-hybridized carbons (Fsp3) is 0.208. The third-order valence-corrected chi connectivity index (χ3v) is 8.07. The predicted molar refractivity (Wildman–Crippen MR) is 126 cm³/mol. The molecule has 7 heteroatoms. The van der Waals surface area contributed by atoms with Crippen LogP contribution in [0.5, 0.6) is 0 Å². The van der Waals surface area contributed by atoms with Crippen LogP contribution >= 0.6 is 11.8 Å². The highest BCUT2D eigenvalue weighted by molar-refractivity contribution is 7.99. The Labute approximate surface area is 188 Å². The third kappa shape index (κ3) is 5.55. The molecule has 0 aliphatic heterocycles. The largest absolute Gasteiger partial charge is 0.322 e. The van der Waals surface area contributed by atoms with E-state index in [2.05, 4.69) is 5.32 Å². The summed E-state index contributed by atoms with van der Waals surface area (Å²) < 4.78 is 27.2. The summed E-state index contributed by atoms with van der Waals surface area (Å²) in [6, 6.07) is 22.4. The Bertz CT molecular complexity index is 1140. The van der Waals surface area contributed by atoms with E-state index in [-0.39, 0.29) is 10.8 Å². The van der Waals surface area contributed by atoms with Crippen molar-refractivity contribution in [2.75, 3.05) is 18.4 Å². The molecule has 1 amide bonds. The molecule has 0 fully saturated rings. The van der Waals surface area contributed by atoms with Crippen LogP contribution in [0.2, 0.25) is 0 Å². The van der Waals surface area contributed by atoms with E-state index in [4.69, 9.17) is 0 Å². The Balaban J connectivity index is 1.76. The summed E-state index contributed by atoms with van der Waals surface area (Å²) in [5.74, 6) is -0.348. The Morgan fingerprint density at radius 2 is 1.52 bits per heavy atom. The standard InChI is InChI=1S/C24H26N2O3S2/c1-4-26(5-2)31(28,29)23-17-19(12-11-18(23)3)24(27)25-20-13-15-22(16-14-20)30-21-9-7-6-8-10-21/h6-17H,4-5H2,1-3H3,(H,25,27). The highest BCUT2D eigenvalue weighted by Crippen LogP contribution is 2.28. The molecule has 0 aromatic heterocycles. The average molecular weight is 455 g/mol. The van der Waals surface area contributed by atoms with Gasteiger partial charge in [-0.05, 0) is 61.0 Å². The Kier molecular flexibility index (Phi) is 7.54. The van der Waals surface area contributed by atoms with Crippen LogP contribution in [0.25, 0.3) is 0 Å². The fourth-order valence-electron chi connectivity index (χ4n) is 3.16. The molecule has 0 aliphatic carbocycles. The number of nitrogens with one attached hydrogen (secondary N) is 1. The first-order valence-corrected chi connectivity index (χ1v) is 12.4. The molecule has 0 saturated heterocycles. The molecule has 0 spiro atoms. The summed E-state index contributed by atoms with van der Waals surface area (Å²) in [7, 11) is -3.65. The van der Waals surface area contributed by atoms with Gasteiger partial charge in [-0.2, -0.15) is 4.31 Å². The maximum Gasteiger partial charge on any atom is 0.255 e. The lowest BCUT2D eigenvalue weighted by Crippen LogP contribution is -2.31. The van der Waals surface area contributed by atoms with E-state index in [1.165, 1.54) is 10.4 Å². The van der Waals surface area contributed by atoms with E-state index < -0.39 is 10.0 Å². The first-order valence-electron chi connectivity index (χ1n) is 10.1. The minimum Gasteiger partial charge on any atom is -0.322 e. The SMILES string of the molecule is CCN(CC)S(=O)(=O)c1cc(C(=O)Nc2ccc(Sc3ccccc3)cc2)ccc1C. The van der Waals surface area contributed by atoms with Crippen molar-refractivity contribution in [3.63, 3.8) is 0 Å². The molecule has 0 heterocycles. The number of hydrogen-bond acceptors (Lipinski definition) is 4. The minimum absolute atomic E-state index is 0.165. The number of carbonyl (C=O) groups is 1. The second-order valence-corrected chi connectivity index (χ2v) is 10.0. The molecule has 0 unspecified atom stereocenters. The van der Waals surface area contributed by atoms with E-state index in [0.717, 1.165) is 9.79 Å². The normalized spacial score (nSPS) is 11.5. The minimum atomic E-state index is -3.65. The lowest BCUT2D eigenvalue weighted by Gasteiger charge is -2.20. The lowest BCUT2D eigenvalue weighted by molar-refractivity contribution is 0.102. The lowest BCUT2D eigenvalue weighted by atomic mass is 10.1. The van der Waals surface area contributed by atoms with Crippen LogP contribution in [0.3, 0.4) is 0 Å². The van der Waals surface area contributed by atoms with Gasteiger partial charge in [-0.3, -0.25) is 4.79 Å². The van der Waals surface area contributed by atoms with Gasteiger partial charge in [0, 0.05) is 34.1 Å². The molecule has 5 nitrogen and oxygen atoms in total. The monoisotopic (exact) mass is 454 g/mol. The molecule has 0 radical (unpaired) electrons. The van der Waals surface area contributed by atoms with Crippen molar-refractivity contribution in [2.24, 2.45) is 0 Å². The maximum absolute atomic E-state index is 12.9. The van der Waals surface area contributed by atoms with Gasteiger partial charge in [-0.15, -0.1) is 0 Å². The summed E-state index contributed by atoms with van der Waals surface area (Å²) >= 11 is 1.64. The van der Waals surface area contributed by atoms with Gasteiger partial charge >= 0.3 is 0 Å². The molecular weight excluding hydrogens is 428 g/mol.